The van der Waals surface area contributed by atoms with Gasteiger partial charge in [0.2, 0.25) is 5.91 Å². The van der Waals surface area contributed by atoms with Crippen LogP contribution >= 0.6 is 12.2 Å². The Labute approximate surface area is 160 Å². The Bertz CT molecular complexity index is 1040. The molecule has 1 unspecified atom stereocenters. The van der Waals surface area contributed by atoms with Crippen molar-refractivity contribution in [2.45, 2.75) is 26.4 Å². The molecule has 0 fully saturated rings. The maximum Gasteiger partial charge on any atom is 0.240 e. The summed E-state index contributed by atoms with van der Waals surface area (Å²) in [6.45, 7) is 3.51. The number of H-pyrrole nitrogens is 1. The number of aromatic amines is 1. The third-order valence-corrected chi connectivity index (χ3v) is 4.45. The number of nitrogens with zero attached hydrogens (tertiary/aromatic N) is 2. The molecule has 140 valence electrons. The third-order valence-electron chi connectivity index (χ3n) is 4.14. The zero-order valence-electron chi connectivity index (χ0n) is 14.8. The van der Waals surface area contributed by atoms with Gasteiger partial charge < -0.3 is 5.32 Å². The van der Waals surface area contributed by atoms with Crippen molar-refractivity contribution in [3.8, 4) is 11.4 Å². The lowest BCUT2D eigenvalue weighted by molar-refractivity contribution is -0.122. The fourth-order valence-electron chi connectivity index (χ4n) is 2.83. The quantitative estimate of drug-likeness (QED) is 0.648. The van der Waals surface area contributed by atoms with Crippen molar-refractivity contribution in [3.63, 3.8) is 0 Å². The summed E-state index contributed by atoms with van der Waals surface area (Å²) in [6.07, 6.45) is 0. The summed E-state index contributed by atoms with van der Waals surface area (Å²) >= 11 is 5.23. The SMILES string of the molecule is Cc1cccc(-c2n[nH]c(=S)n2CC(=O)NC(C)c2ccc(F)cc2F)c1. The van der Waals surface area contributed by atoms with Crippen LogP contribution in [0.15, 0.2) is 42.5 Å². The highest BCUT2D eigenvalue weighted by atomic mass is 32.1. The lowest BCUT2D eigenvalue weighted by atomic mass is 10.1. The molecule has 0 aliphatic carbocycles. The highest BCUT2D eigenvalue weighted by Crippen LogP contribution is 2.20. The number of hydrogen-bond donors (Lipinski definition) is 2. The van der Waals surface area contributed by atoms with Gasteiger partial charge >= 0.3 is 0 Å². The molecular weight excluding hydrogens is 370 g/mol. The lowest BCUT2D eigenvalue weighted by Gasteiger charge is -2.16. The van der Waals surface area contributed by atoms with Crippen LogP contribution in [0.3, 0.4) is 0 Å². The predicted molar refractivity (Wildman–Crippen MR) is 101 cm³/mol. The minimum atomic E-state index is -0.705. The molecule has 1 heterocycles. The Morgan fingerprint density at radius 1 is 1.30 bits per heavy atom. The summed E-state index contributed by atoms with van der Waals surface area (Å²) in [7, 11) is 0. The molecule has 8 heteroatoms. The van der Waals surface area contributed by atoms with Gasteiger partial charge in [0.1, 0.15) is 18.2 Å². The maximum atomic E-state index is 13.9. The van der Waals surface area contributed by atoms with E-state index in [1.165, 1.54) is 6.07 Å². The number of hydrogen-bond acceptors (Lipinski definition) is 3. The Balaban J connectivity index is 1.79. The van der Waals surface area contributed by atoms with E-state index < -0.39 is 17.7 Å². The second-order valence-corrected chi connectivity index (χ2v) is 6.65. The first-order valence-corrected chi connectivity index (χ1v) is 8.72. The van der Waals surface area contributed by atoms with Crippen LogP contribution in [-0.2, 0) is 11.3 Å². The number of aryl methyl sites for hydroxylation is 1. The number of halogens is 2. The normalized spacial score (nSPS) is 12.0. The van der Waals surface area contributed by atoms with E-state index in [9.17, 15) is 13.6 Å². The molecule has 27 heavy (non-hydrogen) atoms. The molecule has 1 amide bonds. The number of benzene rings is 2. The highest BCUT2D eigenvalue weighted by molar-refractivity contribution is 7.71. The van der Waals surface area contributed by atoms with Crippen molar-refractivity contribution in [3.05, 3.63) is 70.0 Å². The molecule has 0 saturated heterocycles. The number of aromatic nitrogens is 3. The first-order chi connectivity index (χ1) is 12.8. The van der Waals surface area contributed by atoms with E-state index in [0.717, 1.165) is 23.3 Å². The zero-order valence-corrected chi connectivity index (χ0v) is 15.6. The van der Waals surface area contributed by atoms with Crippen LogP contribution in [0.2, 0.25) is 0 Å². The van der Waals surface area contributed by atoms with Crippen molar-refractivity contribution < 1.29 is 13.6 Å². The van der Waals surface area contributed by atoms with E-state index in [1.54, 1.807) is 11.5 Å². The second-order valence-electron chi connectivity index (χ2n) is 6.26. The largest absolute Gasteiger partial charge is 0.348 e. The van der Waals surface area contributed by atoms with Gasteiger partial charge in [-0.05, 0) is 38.2 Å². The van der Waals surface area contributed by atoms with Crippen LogP contribution in [0.25, 0.3) is 11.4 Å². The number of carbonyl (C=O) groups is 1. The van der Waals surface area contributed by atoms with Crippen LogP contribution in [-0.4, -0.2) is 20.7 Å². The molecule has 1 aromatic heterocycles. The summed E-state index contributed by atoms with van der Waals surface area (Å²) in [5.41, 5.74) is 2.09. The van der Waals surface area contributed by atoms with Gasteiger partial charge in [-0.15, -0.1) is 0 Å². The fraction of sp³-hybridized carbons (Fsp3) is 0.211. The van der Waals surface area contributed by atoms with Crippen molar-refractivity contribution in [2.24, 2.45) is 0 Å². The summed E-state index contributed by atoms with van der Waals surface area (Å²) in [4.78, 5) is 12.5. The Hall–Kier alpha value is -2.87. The van der Waals surface area contributed by atoms with Crippen LogP contribution < -0.4 is 5.32 Å². The molecule has 1 atom stereocenters. The molecule has 2 aromatic carbocycles. The number of rotatable bonds is 5. The molecule has 0 bridgehead atoms. The molecule has 2 N–H and O–H groups in total. The number of carbonyl (C=O) groups excluding carboxylic acids is 1. The average molecular weight is 388 g/mol. The zero-order chi connectivity index (χ0) is 19.6. The van der Waals surface area contributed by atoms with Gasteiger partial charge in [0.15, 0.2) is 10.6 Å². The third kappa shape index (κ3) is 4.28. The van der Waals surface area contributed by atoms with Gasteiger partial charge in [0.05, 0.1) is 6.04 Å². The molecule has 5 nitrogen and oxygen atoms in total. The van der Waals surface area contributed by atoms with Gasteiger partial charge in [0.25, 0.3) is 0 Å². The molecule has 3 rings (SSSR count). The molecule has 3 aromatic rings. The molecular formula is C19H18F2N4OS. The second kappa shape index (κ2) is 7.79. The summed E-state index contributed by atoms with van der Waals surface area (Å²) in [5.74, 6) is -1.19. The van der Waals surface area contributed by atoms with Crippen LogP contribution in [0.4, 0.5) is 8.78 Å². The van der Waals surface area contributed by atoms with Crippen molar-refractivity contribution in [2.75, 3.05) is 0 Å². The van der Waals surface area contributed by atoms with E-state index in [4.69, 9.17) is 12.2 Å². The maximum absolute atomic E-state index is 13.9. The van der Waals surface area contributed by atoms with Gasteiger partial charge in [0, 0.05) is 17.2 Å². The molecule has 0 radical (unpaired) electrons. The standard InChI is InChI=1S/C19H18F2N4OS/c1-11-4-3-5-13(8-11)18-23-24-19(27)25(18)10-17(26)22-12(2)15-7-6-14(20)9-16(15)21/h3-9,12H,10H2,1-2H3,(H,22,26)(H,24,27). The van der Waals surface area contributed by atoms with Crippen molar-refractivity contribution in [1.29, 1.82) is 0 Å². The summed E-state index contributed by atoms with van der Waals surface area (Å²) in [5, 5.41) is 9.60. The minimum Gasteiger partial charge on any atom is -0.348 e. The topological polar surface area (TPSA) is 62.7 Å². The highest BCUT2D eigenvalue weighted by Gasteiger charge is 2.17. The van der Waals surface area contributed by atoms with Crippen molar-refractivity contribution in [1.82, 2.24) is 20.1 Å². The van der Waals surface area contributed by atoms with E-state index in [0.29, 0.717) is 10.6 Å². The van der Waals surface area contributed by atoms with E-state index >= 15 is 0 Å². The van der Waals surface area contributed by atoms with E-state index in [-0.39, 0.29) is 18.0 Å². The Morgan fingerprint density at radius 2 is 2.07 bits per heavy atom. The number of amides is 1. The van der Waals surface area contributed by atoms with E-state index in [1.807, 2.05) is 31.2 Å². The van der Waals surface area contributed by atoms with Crippen LogP contribution in [0.5, 0.6) is 0 Å². The van der Waals surface area contributed by atoms with Crippen molar-refractivity contribution >= 4 is 18.1 Å². The minimum absolute atomic E-state index is 0.0776. The summed E-state index contributed by atoms with van der Waals surface area (Å²) < 4.78 is 28.8. The number of nitrogens with one attached hydrogen (secondary N) is 2. The molecule has 0 saturated carbocycles. The van der Waals surface area contributed by atoms with Gasteiger partial charge in [-0.3, -0.25) is 14.5 Å². The molecule has 0 aliphatic rings. The Morgan fingerprint density at radius 3 is 2.78 bits per heavy atom. The lowest BCUT2D eigenvalue weighted by Crippen LogP contribution is -2.30. The Kier molecular flexibility index (Phi) is 5.46. The van der Waals surface area contributed by atoms with E-state index in [2.05, 4.69) is 15.5 Å². The monoisotopic (exact) mass is 388 g/mol. The summed E-state index contributed by atoms with van der Waals surface area (Å²) in [6, 6.07) is 10.3. The van der Waals surface area contributed by atoms with Crippen LogP contribution in [0, 0.1) is 23.3 Å². The van der Waals surface area contributed by atoms with Crippen LogP contribution in [0.1, 0.15) is 24.1 Å². The van der Waals surface area contributed by atoms with Gasteiger partial charge in [-0.25, -0.2) is 8.78 Å². The molecule has 0 aliphatic heterocycles. The van der Waals surface area contributed by atoms with Gasteiger partial charge in [-0.1, -0.05) is 29.8 Å². The predicted octanol–water partition coefficient (Wildman–Crippen LogP) is 4.07. The van der Waals surface area contributed by atoms with Gasteiger partial charge in [-0.2, -0.15) is 5.10 Å². The smallest absolute Gasteiger partial charge is 0.240 e. The average Bonchev–Trinajstić information content (AvgIpc) is 2.95. The first-order valence-electron chi connectivity index (χ1n) is 8.31. The fourth-order valence-corrected chi connectivity index (χ4v) is 3.03. The first kappa shape index (κ1) is 18.9. The molecule has 0 spiro atoms.